The molecule has 0 aliphatic rings. The molecule has 0 saturated heterocycles. The normalized spacial score (nSPS) is 12.7. The summed E-state index contributed by atoms with van der Waals surface area (Å²) < 4.78 is 5.88. The van der Waals surface area contributed by atoms with Crippen molar-refractivity contribution in [3.8, 4) is 0 Å². The molecule has 0 aliphatic heterocycles. The number of benzene rings is 2. The average molecular weight is 526 g/mol. The number of nitrogens with one attached hydrogen (secondary N) is 2. The summed E-state index contributed by atoms with van der Waals surface area (Å²) in [7, 11) is 0. The van der Waals surface area contributed by atoms with E-state index in [2.05, 4.69) is 26.6 Å². The van der Waals surface area contributed by atoms with Crippen molar-refractivity contribution >= 4 is 45.5 Å². The summed E-state index contributed by atoms with van der Waals surface area (Å²) in [5, 5.41) is 15.2. The quantitative estimate of drug-likeness (QED) is 0.422. The molecule has 3 N–H and O–H groups in total. The summed E-state index contributed by atoms with van der Waals surface area (Å²) in [6, 6.07) is 12.0. The van der Waals surface area contributed by atoms with Crippen molar-refractivity contribution in [3.05, 3.63) is 69.2 Å². The highest BCUT2D eigenvalue weighted by Crippen LogP contribution is 2.22. The van der Waals surface area contributed by atoms with Gasteiger partial charge in [0.05, 0.1) is 0 Å². The summed E-state index contributed by atoms with van der Waals surface area (Å²) in [6.45, 7) is 3.85. The fourth-order valence-electron chi connectivity index (χ4n) is 3.00. The van der Waals surface area contributed by atoms with Gasteiger partial charge in [-0.3, -0.25) is 4.79 Å². The number of carbonyl (C=O) groups is 3. The van der Waals surface area contributed by atoms with E-state index in [-0.39, 0.29) is 18.9 Å². The van der Waals surface area contributed by atoms with Gasteiger partial charge in [0.1, 0.15) is 18.7 Å². The number of alkyl carbamates (subject to hydrolysis) is 1. The standard InChI is InChI=1S/C23H26BrClN2O5/c1-14(2)10-19(27-23(31)32-13-15-6-4-3-5-7-15)21(28)26-20(22(29)30)12-16-11-17(25)8-9-18(16)24/h3-9,11,14,19-20H,10,12-13H2,1-2H3,(H,26,28)(H,27,31)(H,29,30)/t19-,20+/m0/s1. The fourth-order valence-corrected chi connectivity index (χ4v) is 3.61. The van der Waals surface area contributed by atoms with Crippen molar-refractivity contribution in [2.75, 3.05) is 0 Å². The van der Waals surface area contributed by atoms with Crippen LogP contribution in [0.3, 0.4) is 0 Å². The van der Waals surface area contributed by atoms with Crippen LogP contribution in [0.5, 0.6) is 0 Å². The number of halogens is 2. The molecule has 32 heavy (non-hydrogen) atoms. The van der Waals surface area contributed by atoms with Crippen molar-refractivity contribution < 1.29 is 24.2 Å². The lowest BCUT2D eigenvalue weighted by atomic mass is 10.0. The van der Waals surface area contributed by atoms with Crippen LogP contribution in [0.25, 0.3) is 0 Å². The van der Waals surface area contributed by atoms with Crippen LogP contribution in [-0.4, -0.2) is 35.2 Å². The smallest absolute Gasteiger partial charge is 0.408 e. The third-order valence-electron chi connectivity index (χ3n) is 4.57. The Bertz CT molecular complexity index is 939. The van der Waals surface area contributed by atoms with E-state index in [4.69, 9.17) is 16.3 Å². The number of rotatable bonds is 10. The molecule has 2 amide bonds. The van der Waals surface area contributed by atoms with Gasteiger partial charge in [-0.25, -0.2) is 9.59 Å². The lowest BCUT2D eigenvalue weighted by Crippen LogP contribution is -2.52. The van der Waals surface area contributed by atoms with Gasteiger partial charge in [0.15, 0.2) is 0 Å². The van der Waals surface area contributed by atoms with E-state index in [1.54, 1.807) is 18.2 Å². The summed E-state index contributed by atoms with van der Waals surface area (Å²) in [4.78, 5) is 36.9. The Kier molecular flexibility index (Phi) is 9.99. The van der Waals surface area contributed by atoms with Crippen LogP contribution in [0.15, 0.2) is 53.0 Å². The molecular weight excluding hydrogens is 500 g/mol. The molecule has 2 rings (SSSR count). The van der Waals surface area contributed by atoms with Crippen LogP contribution in [0, 0.1) is 5.92 Å². The molecule has 0 heterocycles. The molecule has 0 aliphatic carbocycles. The first-order valence-corrected chi connectivity index (χ1v) is 11.3. The van der Waals surface area contributed by atoms with Gasteiger partial charge in [-0.2, -0.15) is 0 Å². The number of hydrogen-bond acceptors (Lipinski definition) is 4. The number of aliphatic carboxylic acids is 1. The van der Waals surface area contributed by atoms with Crippen LogP contribution >= 0.6 is 27.5 Å². The SMILES string of the molecule is CC(C)C[C@H](NC(=O)OCc1ccccc1)C(=O)N[C@H](Cc1cc(Cl)ccc1Br)C(=O)O. The van der Waals surface area contributed by atoms with Crippen molar-refractivity contribution in [2.24, 2.45) is 5.92 Å². The molecule has 2 atom stereocenters. The van der Waals surface area contributed by atoms with Crippen LogP contribution in [-0.2, 0) is 27.4 Å². The van der Waals surface area contributed by atoms with Crippen LogP contribution in [0.4, 0.5) is 4.79 Å². The first-order valence-electron chi connectivity index (χ1n) is 10.1. The zero-order valence-electron chi connectivity index (χ0n) is 17.8. The molecule has 0 saturated carbocycles. The van der Waals surface area contributed by atoms with Gasteiger partial charge < -0.3 is 20.5 Å². The topological polar surface area (TPSA) is 105 Å². The second-order valence-corrected chi connectivity index (χ2v) is 9.02. The molecule has 0 fully saturated rings. The van der Waals surface area contributed by atoms with E-state index in [0.717, 1.165) is 5.56 Å². The Hall–Kier alpha value is -2.58. The van der Waals surface area contributed by atoms with Gasteiger partial charge >= 0.3 is 12.1 Å². The van der Waals surface area contributed by atoms with E-state index in [9.17, 15) is 19.5 Å². The Morgan fingerprint density at radius 1 is 1.06 bits per heavy atom. The molecule has 172 valence electrons. The maximum Gasteiger partial charge on any atom is 0.408 e. The number of hydrogen-bond donors (Lipinski definition) is 3. The zero-order valence-corrected chi connectivity index (χ0v) is 20.2. The summed E-state index contributed by atoms with van der Waals surface area (Å²) in [5.74, 6) is -1.72. The predicted molar refractivity (Wildman–Crippen MR) is 125 cm³/mol. The van der Waals surface area contributed by atoms with E-state index in [1.807, 2.05) is 44.2 Å². The molecule has 0 unspecified atom stereocenters. The fraction of sp³-hybridized carbons (Fsp3) is 0.348. The van der Waals surface area contributed by atoms with Crippen LogP contribution < -0.4 is 10.6 Å². The predicted octanol–water partition coefficient (Wildman–Crippen LogP) is 4.56. The summed E-state index contributed by atoms with van der Waals surface area (Å²) in [6.07, 6.45) is -0.409. The van der Waals surface area contributed by atoms with Gasteiger partial charge in [0.25, 0.3) is 0 Å². The monoisotopic (exact) mass is 524 g/mol. The molecule has 2 aromatic rings. The number of carbonyl (C=O) groups excluding carboxylic acids is 2. The van der Waals surface area contributed by atoms with E-state index < -0.39 is 30.1 Å². The molecule has 0 spiro atoms. The van der Waals surface area contributed by atoms with Gasteiger partial charge in [-0.15, -0.1) is 0 Å². The largest absolute Gasteiger partial charge is 0.480 e. The highest BCUT2D eigenvalue weighted by atomic mass is 79.9. The average Bonchev–Trinajstić information content (AvgIpc) is 2.74. The van der Waals surface area contributed by atoms with E-state index >= 15 is 0 Å². The van der Waals surface area contributed by atoms with E-state index in [0.29, 0.717) is 21.5 Å². The minimum Gasteiger partial charge on any atom is -0.480 e. The highest BCUT2D eigenvalue weighted by Gasteiger charge is 2.28. The number of ether oxygens (including phenoxy) is 1. The minimum absolute atomic E-state index is 0.0229. The Morgan fingerprint density at radius 3 is 2.38 bits per heavy atom. The second kappa shape index (κ2) is 12.5. The molecule has 0 bridgehead atoms. The number of amides is 2. The molecular formula is C23H26BrClN2O5. The van der Waals surface area contributed by atoms with Crippen molar-refractivity contribution in [3.63, 3.8) is 0 Å². The van der Waals surface area contributed by atoms with Gasteiger partial charge in [-0.1, -0.05) is 71.7 Å². The lowest BCUT2D eigenvalue weighted by Gasteiger charge is -2.23. The molecule has 0 aromatic heterocycles. The maximum absolute atomic E-state index is 12.9. The van der Waals surface area contributed by atoms with Gasteiger partial charge in [-0.05, 0) is 41.7 Å². The van der Waals surface area contributed by atoms with Gasteiger partial charge in [0.2, 0.25) is 5.91 Å². The summed E-state index contributed by atoms with van der Waals surface area (Å²) in [5.41, 5.74) is 1.45. The maximum atomic E-state index is 12.9. The zero-order chi connectivity index (χ0) is 23.7. The van der Waals surface area contributed by atoms with E-state index in [1.165, 1.54) is 0 Å². The number of carboxylic acid groups (broad SMARTS) is 1. The second-order valence-electron chi connectivity index (χ2n) is 7.73. The Morgan fingerprint density at radius 2 is 1.75 bits per heavy atom. The molecule has 9 heteroatoms. The van der Waals surface area contributed by atoms with Crippen LogP contribution in [0.1, 0.15) is 31.4 Å². The van der Waals surface area contributed by atoms with Crippen LogP contribution in [0.2, 0.25) is 5.02 Å². The molecule has 2 aromatic carbocycles. The Balaban J connectivity index is 2.04. The Labute approximate surface area is 200 Å². The van der Waals surface area contributed by atoms with Crippen molar-refractivity contribution in [2.45, 2.75) is 45.4 Å². The summed E-state index contributed by atoms with van der Waals surface area (Å²) >= 11 is 9.37. The minimum atomic E-state index is -1.20. The third-order valence-corrected chi connectivity index (χ3v) is 5.58. The highest BCUT2D eigenvalue weighted by molar-refractivity contribution is 9.10. The first kappa shape index (κ1) is 25.7. The van der Waals surface area contributed by atoms with Gasteiger partial charge in [0, 0.05) is 15.9 Å². The van der Waals surface area contributed by atoms with Crippen molar-refractivity contribution in [1.29, 1.82) is 0 Å². The lowest BCUT2D eigenvalue weighted by molar-refractivity contribution is -0.142. The third kappa shape index (κ3) is 8.51. The number of carboxylic acids is 1. The first-order chi connectivity index (χ1) is 15.2. The molecule has 7 nitrogen and oxygen atoms in total. The van der Waals surface area contributed by atoms with Crippen molar-refractivity contribution in [1.82, 2.24) is 10.6 Å². The molecule has 0 radical (unpaired) electrons.